The first kappa shape index (κ1) is 10.0. The minimum atomic E-state index is 0.310. The molecule has 15 heavy (non-hydrogen) atoms. The van der Waals surface area contributed by atoms with Crippen LogP contribution in [0.15, 0.2) is 24.4 Å². The Morgan fingerprint density at radius 3 is 3.07 bits per heavy atom. The maximum atomic E-state index is 9.40. The Morgan fingerprint density at radius 1 is 1.40 bits per heavy atom. The average molecular weight is 205 g/mol. The van der Waals surface area contributed by atoms with Crippen molar-refractivity contribution in [3.05, 3.63) is 30.0 Å². The van der Waals surface area contributed by atoms with Gasteiger partial charge in [-0.3, -0.25) is 10.9 Å². The van der Waals surface area contributed by atoms with Gasteiger partial charge in [0.15, 0.2) is 0 Å². The molecule has 1 heterocycles. The van der Waals surface area contributed by atoms with Gasteiger partial charge in [0.05, 0.1) is 0 Å². The lowest BCUT2D eigenvalue weighted by Crippen LogP contribution is -2.29. The van der Waals surface area contributed by atoms with Crippen LogP contribution in [0.2, 0.25) is 0 Å². The predicted octanol–water partition coefficient (Wildman–Crippen LogP) is 1.14. The molecule has 4 N–H and O–H groups in total. The molecule has 80 valence electrons. The lowest BCUT2D eigenvalue weighted by atomic mass is 10.1. The second-order valence-corrected chi connectivity index (χ2v) is 3.47. The molecule has 0 radical (unpaired) electrons. The van der Waals surface area contributed by atoms with Crippen LogP contribution in [0.3, 0.4) is 0 Å². The van der Waals surface area contributed by atoms with Crippen molar-refractivity contribution in [1.29, 1.82) is 0 Å². The van der Waals surface area contributed by atoms with Crippen molar-refractivity contribution in [3.8, 4) is 5.75 Å². The molecule has 0 bridgehead atoms. The summed E-state index contributed by atoms with van der Waals surface area (Å²) in [7, 11) is 1.85. The Kier molecular flexibility index (Phi) is 2.89. The Balaban J connectivity index is 2.23. The molecule has 2 aromatic rings. The van der Waals surface area contributed by atoms with Crippen LogP contribution in [-0.2, 0) is 6.42 Å². The number of aromatic amines is 1. The van der Waals surface area contributed by atoms with E-state index in [1.165, 1.54) is 5.56 Å². The van der Waals surface area contributed by atoms with Crippen LogP contribution in [0.1, 0.15) is 5.56 Å². The maximum absolute atomic E-state index is 9.40. The molecule has 0 aliphatic carbocycles. The van der Waals surface area contributed by atoms with Crippen molar-refractivity contribution < 1.29 is 5.11 Å². The van der Waals surface area contributed by atoms with E-state index in [1.54, 1.807) is 12.1 Å². The molecule has 0 spiro atoms. The predicted molar refractivity (Wildman–Crippen MR) is 60.7 cm³/mol. The number of phenolic OH excluding ortho intramolecular Hbond substituents is 1. The van der Waals surface area contributed by atoms with E-state index in [-0.39, 0.29) is 0 Å². The van der Waals surface area contributed by atoms with Crippen molar-refractivity contribution in [3.63, 3.8) is 0 Å². The summed E-state index contributed by atoms with van der Waals surface area (Å²) >= 11 is 0. The fourth-order valence-electron chi connectivity index (χ4n) is 1.70. The fraction of sp³-hybridized carbons (Fsp3) is 0.273. The third kappa shape index (κ3) is 2.11. The zero-order chi connectivity index (χ0) is 10.7. The average Bonchev–Trinajstić information content (AvgIpc) is 2.62. The van der Waals surface area contributed by atoms with Crippen molar-refractivity contribution in [1.82, 2.24) is 15.8 Å². The van der Waals surface area contributed by atoms with Gasteiger partial charge in [0.2, 0.25) is 0 Å². The molecular formula is C11H15N3O. The quantitative estimate of drug-likeness (QED) is 0.447. The number of hydrogen-bond acceptors (Lipinski definition) is 3. The molecule has 0 aliphatic rings. The van der Waals surface area contributed by atoms with E-state index in [4.69, 9.17) is 0 Å². The molecule has 0 saturated carbocycles. The third-order valence-electron chi connectivity index (χ3n) is 2.45. The molecule has 4 heteroatoms. The van der Waals surface area contributed by atoms with Crippen LogP contribution in [0.5, 0.6) is 5.75 Å². The summed E-state index contributed by atoms with van der Waals surface area (Å²) in [4.78, 5) is 3.18. The molecule has 1 aromatic carbocycles. The maximum Gasteiger partial charge on any atom is 0.116 e. The zero-order valence-corrected chi connectivity index (χ0v) is 8.67. The molecule has 0 unspecified atom stereocenters. The van der Waals surface area contributed by atoms with Gasteiger partial charge in [-0.25, -0.2) is 0 Å². The summed E-state index contributed by atoms with van der Waals surface area (Å²) in [5.41, 5.74) is 8.19. The monoisotopic (exact) mass is 205 g/mol. The molecule has 0 atom stereocenters. The highest BCUT2D eigenvalue weighted by molar-refractivity contribution is 5.84. The first-order chi connectivity index (χ1) is 7.31. The van der Waals surface area contributed by atoms with Crippen molar-refractivity contribution in [2.24, 2.45) is 0 Å². The van der Waals surface area contributed by atoms with Crippen LogP contribution >= 0.6 is 0 Å². The van der Waals surface area contributed by atoms with Crippen LogP contribution in [0.4, 0.5) is 0 Å². The summed E-state index contributed by atoms with van der Waals surface area (Å²) in [6.07, 6.45) is 2.91. The molecule has 1 aromatic heterocycles. The second-order valence-electron chi connectivity index (χ2n) is 3.47. The molecule has 0 fully saturated rings. The standard InChI is InChI=1S/C11H15N3O/c1-12-14-5-4-8-7-13-11-3-2-9(15)6-10(8)11/h2-3,6-7,12-15H,4-5H2,1H3. The van der Waals surface area contributed by atoms with E-state index < -0.39 is 0 Å². The second kappa shape index (κ2) is 4.33. The minimum Gasteiger partial charge on any atom is -0.508 e. The summed E-state index contributed by atoms with van der Waals surface area (Å²) in [5, 5.41) is 10.5. The summed E-state index contributed by atoms with van der Waals surface area (Å²) in [5.74, 6) is 0.310. The summed E-state index contributed by atoms with van der Waals surface area (Å²) in [6.45, 7) is 0.860. The van der Waals surface area contributed by atoms with Gasteiger partial charge in [0.25, 0.3) is 0 Å². The van der Waals surface area contributed by atoms with Crippen LogP contribution in [-0.4, -0.2) is 23.7 Å². The van der Waals surface area contributed by atoms with E-state index in [2.05, 4.69) is 15.8 Å². The van der Waals surface area contributed by atoms with E-state index in [9.17, 15) is 5.11 Å². The number of nitrogens with one attached hydrogen (secondary N) is 3. The summed E-state index contributed by atoms with van der Waals surface area (Å²) < 4.78 is 0. The normalized spacial score (nSPS) is 11.0. The van der Waals surface area contributed by atoms with Crippen LogP contribution in [0.25, 0.3) is 10.9 Å². The number of H-pyrrole nitrogens is 1. The number of benzene rings is 1. The van der Waals surface area contributed by atoms with E-state index in [0.29, 0.717) is 5.75 Å². The fourth-order valence-corrected chi connectivity index (χ4v) is 1.70. The molecule has 0 aliphatic heterocycles. The van der Waals surface area contributed by atoms with E-state index in [1.807, 2.05) is 19.3 Å². The molecule has 2 rings (SSSR count). The first-order valence-corrected chi connectivity index (χ1v) is 5.00. The highest BCUT2D eigenvalue weighted by Gasteiger charge is 2.03. The highest BCUT2D eigenvalue weighted by Crippen LogP contribution is 2.22. The number of phenols is 1. The first-order valence-electron chi connectivity index (χ1n) is 5.00. The van der Waals surface area contributed by atoms with E-state index in [0.717, 1.165) is 23.9 Å². The van der Waals surface area contributed by atoms with Crippen molar-refractivity contribution in [2.75, 3.05) is 13.6 Å². The number of aromatic nitrogens is 1. The van der Waals surface area contributed by atoms with Gasteiger partial charge in [-0.1, -0.05) is 0 Å². The van der Waals surface area contributed by atoms with Gasteiger partial charge in [-0.15, -0.1) is 0 Å². The molecule has 0 saturated heterocycles. The lowest BCUT2D eigenvalue weighted by Gasteiger charge is -2.01. The largest absolute Gasteiger partial charge is 0.508 e. The minimum absolute atomic E-state index is 0.310. The van der Waals surface area contributed by atoms with Gasteiger partial charge < -0.3 is 10.1 Å². The molecule has 4 nitrogen and oxygen atoms in total. The van der Waals surface area contributed by atoms with E-state index >= 15 is 0 Å². The van der Waals surface area contributed by atoms with Crippen LogP contribution in [0, 0.1) is 0 Å². The van der Waals surface area contributed by atoms with Crippen LogP contribution < -0.4 is 10.9 Å². The Bertz CT molecular complexity index is 450. The Hall–Kier alpha value is -1.52. The van der Waals surface area contributed by atoms with Gasteiger partial charge in [0.1, 0.15) is 5.75 Å². The smallest absolute Gasteiger partial charge is 0.116 e. The number of rotatable bonds is 4. The Morgan fingerprint density at radius 2 is 2.27 bits per heavy atom. The van der Waals surface area contributed by atoms with Gasteiger partial charge >= 0.3 is 0 Å². The number of hydrazine groups is 1. The highest BCUT2D eigenvalue weighted by atomic mass is 16.3. The number of fused-ring (bicyclic) bond motifs is 1. The van der Waals surface area contributed by atoms with Crippen molar-refractivity contribution in [2.45, 2.75) is 6.42 Å². The lowest BCUT2D eigenvalue weighted by molar-refractivity contribution is 0.476. The molecule has 0 amide bonds. The van der Waals surface area contributed by atoms with Gasteiger partial charge in [-0.05, 0) is 37.2 Å². The van der Waals surface area contributed by atoms with Gasteiger partial charge in [0, 0.05) is 23.6 Å². The molecular weight excluding hydrogens is 190 g/mol. The topological polar surface area (TPSA) is 60.1 Å². The third-order valence-corrected chi connectivity index (χ3v) is 2.45. The number of hydrogen-bond donors (Lipinski definition) is 4. The Labute approximate surface area is 88.3 Å². The zero-order valence-electron chi connectivity index (χ0n) is 8.67. The summed E-state index contributed by atoms with van der Waals surface area (Å²) in [6, 6.07) is 5.37. The SMILES string of the molecule is CNNCCc1c[nH]c2ccc(O)cc12. The van der Waals surface area contributed by atoms with Crippen molar-refractivity contribution >= 4 is 10.9 Å². The number of aromatic hydroxyl groups is 1. The van der Waals surface area contributed by atoms with Gasteiger partial charge in [-0.2, -0.15) is 0 Å².